The van der Waals surface area contributed by atoms with E-state index in [1.165, 1.54) is 11.7 Å². The van der Waals surface area contributed by atoms with Crippen molar-refractivity contribution in [1.29, 1.82) is 0 Å². The Bertz CT molecular complexity index is 692. The Morgan fingerprint density at radius 1 is 1.38 bits per heavy atom. The summed E-state index contributed by atoms with van der Waals surface area (Å²) >= 11 is 0. The number of hydrogen-bond donors (Lipinski definition) is 3. The Balaban J connectivity index is 2.87. The van der Waals surface area contributed by atoms with Gasteiger partial charge in [0.05, 0.1) is 18.9 Å². The first kappa shape index (κ1) is 17.2. The van der Waals surface area contributed by atoms with E-state index in [-0.39, 0.29) is 37.0 Å². The van der Waals surface area contributed by atoms with Gasteiger partial charge < -0.3 is 15.8 Å². The molecule has 9 nitrogen and oxygen atoms in total. The summed E-state index contributed by atoms with van der Waals surface area (Å²) in [6, 6.07) is 0. The molecular formula is C11H20N4O5S. The number of aromatic amines is 1. The first-order valence-corrected chi connectivity index (χ1v) is 8.35. The molecule has 0 saturated heterocycles. The van der Waals surface area contributed by atoms with Gasteiger partial charge in [-0.25, -0.2) is 13.2 Å². The minimum absolute atomic E-state index is 0.000144. The highest BCUT2D eigenvalue weighted by atomic mass is 32.2. The van der Waals surface area contributed by atoms with Crippen molar-refractivity contribution in [3.63, 3.8) is 0 Å². The molecule has 0 saturated carbocycles. The molecule has 1 heterocycles. The third-order valence-corrected chi connectivity index (χ3v) is 3.78. The molecule has 0 fully saturated rings. The second-order valence-corrected chi connectivity index (χ2v) is 6.83. The van der Waals surface area contributed by atoms with Crippen LogP contribution in [-0.4, -0.2) is 50.2 Å². The van der Waals surface area contributed by atoms with Crippen LogP contribution in [0.2, 0.25) is 0 Å². The van der Waals surface area contributed by atoms with E-state index in [0.29, 0.717) is 6.42 Å². The van der Waals surface area contributed by atoms with Crippen molar-refractivity contribution in [1.82, 2.24) is 9.55 Å². The number of hydrogen-bond acceptors (Lipinski definition) is 7. The van der Waals surface area contributed by atoms with Crippen LogP contribution in [0.4, 0.5) is 11.5 Å². The average molecular weight is 320 g/mol. The van der Waals surface area contributed by atoms with Crippen LogP contribution < -0.4 is 22.3 Å². The van der Waals surface area contributed by atoms with Crippen LogP contribution in [0, 0.1) is 0 Å². The largest absolute Gasteiger partial charge is 0.383 e. The molecule has 0 radical (unpaired) electrons. The van der Waals surface area contributed by atoms with E-state index < -0.39 is 21.1 Å². The number of nitrogens with one attached hydrogen (secondary N) is 2. The van der Waals surface area contributed by atoms with Gasteiger partial charge in [-0.05, 0) is 6.42 Å². The van der Waals surface area contributed by atoms with Gasteiger partial charge in [-0.15, -0.1) is 0 Å². The summed E-state index contributed by atoms with van der Waals surface area (Å²) in [6.07, 6.45) is 1.47. The molecule has 1 aromatic rings. The molecule has 0 aliphatic heterocycles. The molecule has 21 heavy (non-hydrogen) atoms. The number of nitrogens with two attached hydrogens (primary N) is 1. The maximum atomic E-state index is 11.7. The number of nitrogen functional groups attached to an aromatic ring is 1. The molecule has 0 atom stereocenters. The van der Waals surface area contributed by atoms with Crippen LogP contribution in [0.25, 0.3) is 0 Å². The number of sulfone groups is 1. The lowest BCUT2D eigenvalue weighted by Crippen LogP contribution is -2.35. The maximum Gasteiger partial charge on any atom is 0.330 e. The Morgan fingerprint density at radius 3 is 2.62 bits per heavy atom. The highest BCUT2D eigenvalue weighted by Crippen LogP contribution is 2.09. The van der Waals surface area contributed by atoms with Crippen molar-refractivity contribution in [3.05, 3.63) is 20.8 Å². The van der Waals surface area contributed by atoms with Crippen molar-refractivity contribution in [3.8, 4) is 0 Å². The van der Waals surface area contributed by atoms with E-state index in [2.05, 4.69) is 10.3 Å². The average Bonchev–Trinajstić information content (AvgIpc) is 2.36. The molecule has 0 aromatic carbocycles. The number of H-pyrrole nitrogens is 1. The fourth-order valence-electron chi connectivity index (χ4n) is 1.71. The monoisotopic (exact) mass is 320 g/mol. The fourth-order valence-corrected chi connectivity index (χ4v) is 2.38. The number of aromatic nitrogens is 2. The third kappa shape index (κ3) is 5.23. The molecule has 4 N–H and O–H groups in total. The highest BCUT2D eigenvalue weighted by molar-refractivity contribution is 7.90. The smallest absolute Gasteiger partial charge is 0.330 e. The lowest BCUT2D eigenvalue weighted by molar-refractivity contribution is 0.186. The van der Waals surface area contributed by atoms with Gasteiger partial charge in [-0.1, -0.05) is 0 Å². The van der Waals surface area contributed by atoms with Gasteiger partial charge >= 0.3 is 5.69 Å². The second-order valence-electron chi connectivity index (χ2n) is 4.57. The van der Waals surface area contributed by atoms with E-state index in [1.54, 1.807) is 0 Å². The fraction of sp³-hybridized carbons (Fsp3) is 0.636. The van der Waals surface area contributed by atoms with Crippen LogP contribution >= 0.6 is 0 Å². The molecule has 10 heteroatoms. The quantitative estimate of drug-likeness (QED) is 0.502. The van der Waals surface area contributed by atoms with E-state index in [4.69, 9.17) is 10.5 Å². The normalized spacial score (nSPS) is 11.5. The Morgan fingerprint density at radius 2 is 2.05 bits per heavy atom. The summed E-state index contributed by atoms with van der Waals surface area (Å²) in [5.74, 6) is 0.00126. The lowest BCUT2D eigenvalue weighted by atomic mass is 10.4. The van der Waals surface area contributed by atoms with Crippen LogP contribution in [-0.2, 0) is 21.1 Å². The van der Waals surface area contributed by atoms with Crippen molar-refractivity contribution < 1.29 is 13.2 Å². The van der Waals surface area contributed by atoms with Crippen LogP contribution in [0.5, 0.6) is 0 Å². The Hall–Kier alpha value is -1.81. The second kappa shape index (κ2) is 7.27. The van der Waals surface area contributed by atoms with E-state index >= 15 is 0 Å². The number of ether oxygens (including phenoxy) is 1. The van der Waals surface area contributed by atoms with Gasteiger partial charge in [0.2, 0.25) is 0 Å². The molecule has 1 aromatic heterocycles. The molecule has 1 rings (SSSR count). The Labute approximate surface area is 122 Å². The van der Waals surface area contributed by atoms with E-state index in [1.807, 2.05) is 0 Å². The molecule has 0 aliphatic rings. The number of rotatable bonds is 8. The third-order valence-electron chi connectivity index (χ3n) is 2.75. The van der Waals surface area contributed by atoms with Crippen molar-refractivity contribution in [2.75, 3.05) is 43.3 Å². The van der Waals surface area contributed by atoms with Crippen molar-refractivity contribution in [2.45, 2.75) is 13.0 Å². The minimum Gasteiger partial charge on any atom is -0.383 e. The molecule has 0 amide bonds. The van der Waals surface area contributed by atoms with Gasteiger partial charge in [0.15, 0.2) is 0 Å². The molecule has 0 aliphatic carbocycles. The standard InChI is InChI=1S/C11H20N4O5S/c1-20-6-5-15-9(12)8(10(16)14-11(15)17)13-4-3-7-21(2,18)19/h13H,3-7,12H2,1-2H3,(H,14,16,17). The zero-order valence-electron chi connectivity index (χ0n) is 12.0. The van der Waals surface area contributed by atoms with Crippen molar-refractivity contribution in [2.24, 2.45) is 0 Å². The van der Waals surface area contributed by atoms with Gasteiger partial charge in [-0.2, -0.15) is 0 Å². The highest BCUT2D eigenvalue weighted by Gasteiger charge is 2.12. The first-order valence-electron chi connectivity index (χ1n) is 6.29. The summed E-state index contributed by atoms with van der Waals surface area (Å²) in [5, 5.41) is 2.76. The summed E-state index contributed by atoms with van der Waals surface area (Å²) in [6.45, 7) is 0.725. The van der Waals surface area contributed by atoms with Gasteiger partial charge in [0.1, 0.15) is 21.3 Å². The van der Waals surface area contributed by atoms with Gasteiger partial charge in [-0.3, -0.25) is 14.3 Å². The van der Waals surface area contributed by atoms with Crippen LogP contribution in [0.15, 0.2) is 9.59 Å². The molecular weight excluding hydrogens is 300 g/mol. The Kier molecular flexibility index (Phi) is 5.97. The SMILES string of the molecule is COCCn1c(N)c(NCCCS(C)(=O)=O)c(=O)[nH]c1=O. The summed E-state index contributed by atoms with van der Waals surface area (Å²) in [5.41, 5.74) is 4.61. The summed E-state index contributed by atoms with van der Waals surface area (Å²) < 4.78 is 28.1. The number of methoxy groups -OCH3 is 1. The van der Waals surface area contributed by atoms with E-state index in [9.17, 15) is 18.0 Å². The summed E-state index contributed by atoms with van der Waals surface area (Å²) in [4.78, 5) is 25.5. The van der Waals surface area contributed by atoms with Crippen LogP contribution in [0.3, 0.4) is 0 Å². The molecule has 0 bridgehead atoms. The predicted molar refractivity (Wildman–Crippen MR) is 80.4 cm³/mol. The van der Waals surface area contributed by atoms with Gasteiger partial charge in [0.25, 0.3) is 5.56 Å². The first-order chi connectivity index (χ1) is 9.76. The number of nitrogens with zero attached hydrogens (tertiary/aromatic N) is 1. The zero-order chi connectivity index (χ0) is 16.0. The molecule has 0 unspecified atom stereocenters. The summed E-state index contributed by atoms with van der Waals surface area (Å²) in [7, 11) is -1.57. The minimum atomic E-state index is -3.05. The topological polar surface area (TPSA) is 136 Å². The van der Waals surface area contributed by atoms with Crippen molar-refractivity contribution >= 4 is 21.3 Å². The predicted octanol–water partition coefficient (Wildman–Crippen LogP) is -1.39. The van der Waals surface area contributed by atoms with Crippen LogP contribution in [0.1, 0.15) is 6.42 Å². The van der Waals surface area contributed by atoms with Gasteiger partial charge in [0, 0.05) is 19.9 Å². The van der Waals surface area contributed by atoms with E-state index in [0.717, 1.165) is 6.26 Å². The maximum absolute atomic E-state index is 11.7. The lowest BCUT2D eigenvalue weighted by Gasteiger charge is -2.13. The number of anilines is 2. The zero-order valence-corrected chi connectivity index (χ0v) is 12.8. The molecule has 0 spiro atoms. The molecule has 120 valence electrons.